The lowest BCUT2D eigenvalue weighted by Crippen LogP contribution is -2.55. The van der Waals surface area contributed by atoms with Gasteiger partial charge in [0.1, 0.15) is 6.61 Å². The van der Waals surface area contributed by atoms with Crippen molar-refractivity contribution in [2.75, 3.05) is 32.8 Å². The van der Waals surface area contributed by atoms with E-state index in [2.05, 4.69) is 24.8 Å². The van der Waals surface area contributed by atoms with Crippen molar-refractivity contribution in [2.24, 2.45) is 34.5 Å². The molecule has 198 valence electrons. The number of nitrogens with zero attached hydrogens (tertiary/aromatic N) is 2. The Bertz CT molecular complexity index is 968. The number of allylic oxidation sites excluding steroid dienone is 2. The predicted octanol–water partition coefficient (Wildman–Crippen LogP) is 5.49. The maximum Gasteiger partial charge on any atom is 0.407 e. The first-order chi connectivity index (χ1) is 17.3. The summed E-state index contributed by atoms with van der Waals surface area (Å²) in [7, 11) is 0. The van der Waals surface area contributed by atoms with E-state index in [0.717, 1.165) is 45.3 Å². The molecule has 0 aromatic rings. The van der Waals surface area contributed by atoms with Crippen LogP contribution in [0.2, 0.25) is 0 Å². The molecule has 6 aliphatic rings. The van der Waals surface area contributed by atoms with E-state index in [1.165, 1.54) is 44.1 Å². The Morgan fingerprint density at radius 3 is 2.69 bits per heavy atom. The molecule has 2 heterocycles. The van der Waals surface area contributed by atoms with Crippen molar-refractivity contribution in [3.05, 3.63) is 23.3 Å². The molecule has 0 aromatic heterocycles. The summed E-state index contributed by atoms with van der Waals surface area (Å²) in [6, 6.07) is 0.176. The molecule has 2 aliphatic heterocycles. The highest BCUT2D eigenvalue weighted by Crippen LogP contribution is 2.66. The van der Waals surface area contributed by atoms with Crippen molar-refractivity contribution in [1.29, 1.82) is 0 Å². The summed E-state index contributed by atoms with van der Waals surface area (Å²) in [6.07, 6.45) is 15.2. The monoisotopic (exact) mass is 496 g/mol. The number of fused-ring (bicyclic) bond motifs is 5. The van der Waals surface area contributed by atoms with Crippen LogP contribution in [0.25, 0.3) is 0 Å². The Morgan fingerprint density at radius 2 is 1.97 bits per heavy atom. The van der Waals surface area contributed by atoms with Crippen molar-refractivity contribution >= 4 is 12.1 Å². The Morgan fingerprint density at radius 1 is 1.17 bits per heavy atom. The first-order valence-corrected chi connectivity index (χ1v) is 14.6. The second-order valence-electron chi connectivity index (χ2n) is 13.2. The Kier molecular flexibility index (Phi) is 6.25. The fraction of sp³-hybridized carbons (Fsp3) is 0.800. The van der Waals surface area contributed by atoms with E-state index in [9.17, 15) is 14.7 Å². The lowest BCUT2D eigenvalue weighted by Gasteiger charge is -2.60. The average Bonchev–Trinajstić information content (AvgIpc) is 3.59. The number of esters is 1. The summed E-state index contributed by atoms with van der Waals surface area (Å²) < 4.78 is 5.29. The second-order valence-corrected chi connectivity index (χ2v) is 13.2. The molecule has 0 spiro atoms. The van der Waals surface area contributed by atoms with Gasteiger partial charge in [-0.25, -0.2) is 9.59 Å². The van der Waals surface area contributed by atoms with Crippen LogP contribution in [-0.2, 0) is 9.53 Å². The molecule has 7 atom stereocenters. The van der Waals surface area contributed by atoms with Gasteiger partial charge >= 0.3 is 12.1 Å². The van der Waals surface area contributed by atoms with Gasteiger partial charge in [0.15, 0.2) is 0 Å². The molecule has 0 radical (unpaired) electrons. The van der Waals surface area contributed by atoms with E-state index < -0.39 is 6.09 Å². The molecule has 1 saturated heterocycles. The quantitative estimate of drug-likeness (QED) is 0.402. The van der Waals surface area contributed by atoms with Crippen LogP contribution in [0.5, 0.6) is 0 Å². The van der Waals surface area contributed by atoms with Crippen molar-refractivity contribution in [3.63, 3.8) is 0 Å². The third-order valence-corrected chi connectivity index (χ3v) is 11.7. The fourth-order valence-electron chi connectivity index (χ4n) is 9.69. The van der Waals surface area contributed by atoms with E-state index in [1.807, 2.05) is 0 Å². The van der Waals surface area contributed by atoms with Gasteiger partial charge in [0.05, 0.1) is 0 Å². The van der Waals surface area contributed by atoms with E-state index in [-0.39, 0.29) is 17.4 Å². The lowest BCUT2D eigenvalue weighted by atomic mass is 9.45. The Hall–Kier alpha value is -1.82. The molecule has 4 aliphatic carbocycles. The van der Waals surface area contributed by atoms with Gasteiger partial charge in [-0.15, -0.1) is 0 Å². The molecule has 1 N–H and O–H groups in total. The molecule has 3 saturated carbocycles. The minimum Gasteiger partial charge on any atom is -0.465 e. The van der Waals surface area contributed by atoms with Gasteiger partial charge in [-0.05, 0) is 117 Å². The van der Waals surface area contributed by atoms with Crippen LogP contribution in [0, 0.1) is 34.5 Å². The summed E-state index contributed by atoms with van der Waals surface area (Å²) in [4.78, 5) is 28.3. The molecule has 0 aromatic carbocycles. The summed E-state index contributed by atoms with van der Waals surface area (Å²) in [5.41, 5.74) is 3.35. The average molecular weight is 497 g/mol. The van der Waals surface area contributed by atoms with E-state index in [0.29, 0.717) is 42.2 Å². The minimum absolute atomic E-state index is 0.164. The number of ether oxygens (including phenoxy) is 1. The first-order valence-electron chi connectivity index (χ1n) is 14.6. The maximum absolute atomic E-state index is 12.3. The van der Waals surface area contributed by atoms with Gasteiger partial charge in [0, 0.05) is 25.2 Å². The van der Waals surface area contributed by atoms with Crippen molar-refractivity contribution in [1.82, 2.24) is 9.80 Å². The van der Waals surface area contributed by atoms with Gasteiger partial charge in [0.25, 0.3) is 0 Å². The van der Waals surface area contributed by atoms with Crippen LogP contribution in [0.15, 0.2) is 23.3 Å². The number of rotatable bonds is 5. The van der Waals surface area contributed by atoms with Crippen LogP contribution < -0.4 is 0 Å². The zero-order valence-electron chi connectivity index (χ0n) is 22.2. The SMILES string of the molecule is C[C@]12CC[C@H](N(CCN3CCCC3)C(=O)O)C[C@H]1CC[C@H]1C3=CC[C@H](C4=CC(=O)OC4)[C@@]3(C)CC[C@@H]12. The maximum atomic E-state index is 12.3. The number of hydrogen-bond acceptors (Lipinski definition) is 4. The molecular weight excluding hydrogens is 452 g/mol. The van der Waals surface area contributed by atoms with Crippen molar-refractivity contribution in [3.8, 4) is 0 Å². The second kappa shape index (κ2) is 9.18. The zero-order chi connectivity index (χ0) is 25.1. The summed E-state index contributed by atoms with van der Waals surface area (Å²) >= 11 is 0. The fourth-order valence-corrected chi connectivity index (χ4v) is 9.69. The molecule has 4 fully saturated rings. The van der Waals surface area contributed by atoms with Gasteiger partial charge in [-0.2, -0.15) is 0 Å². The first kappa shape index (κ1) is 24.5. The molecular formula is C30H44N2O4. The third-order valence-electron chi connectivity index (χ3n) is 11.7. The number of carboxylic acid groups (broad SMARTS) is 1. The molecule has 0 unspecified atom stereocenters. The highest BCUT2D eigenvalue weighted by Gasteiger charge is 2.58. The number of carbonyl (C=O) groups excluding carboxylic acids is 1. The number of cyclic esters (lactones) is 1. The smallest absolute Gasteiger partial charge is 0.407 e. The molecule has 1 amide bonds. The molecule has 36 heavy (non-hydrogen) atoms. The van der Waals surface area contributed by atoms with Crippen molar-refractivity contribution in [2.45, 2.75) is 84.1 Å². The molecule has 6 nitrogen and oxygen atoms in total. The van der Waals surface area contributed by atoms with E-state index in [1.54, 1.807) is 16.5 Å². The minimum atomic E-state index is -0.726. The highest BCUT2D eigenvalue weighted by atomic mass is 16.5. The van der Waals surface area contributed by atoms with E-state index >= 15 is 0 Å². The van der Waals surface area contributed by atoms with Crippen LogP contribution in [0.4, 0.5) is 4.79 Å². The van der Waals surface area contributed by atoms with Gasteiger partial charge in [-0.3, -0.25) is 0 Å². The third kappa shape index (κ3) is 3.93. The standard InChI is InChI=1S/C30H44N2O4/c1-29-11-9-22(32(28(34)35)16-15-31-13-3-4-14-31)18-21(29)5-6-23-25-8-7-24(20-17-27(33)36-19-20)30(25,2)12-10-26(23)29/h8,17,21-24,26H,3-7,9-16,18-19H2,1-2H3,(H,34,35)/t21-,22+,23+,24-,26+,29+,30-/m1/s1. The summed E-state index contributed by atoms with van der Waals surface area (Å²) in [6.45, 7) is 9.26. The number of carbonyl (C=O) groups is 2. The van der Waals surface area contributed by atoms with Crippen molar-refractivity contribution < 1.29 is 19.4 Å². The molecule has 0 bridgehead atoms. The molecule has 6 heteroatoms. The van der Waals surface area contributed by atoms with Gasteiger partial charge in [0.2, 0.25) is 0 Å². The van der Waals surface area contributed by atoms with Crippen LogP contribution >= 0.6 is 0 Å². The predicted molar refractivity (Wildman–Crippen MR) is 138 cm³/mol. The zero-order valence-corrected chi connectivity index (χ0v) is 22.2. The Labute approximate surface area is 216 Å². The van der Waals surface area contributed by atoms with E-state index in [4.69, 9.17) is 4.74 Å². The highest BCUT2D eigenvalue weighted by molar-refractivity contribution is 5.85. The Balaban J connectivity index is 1.15. The number of likely N-dealkylation sites (tertiary alicyclic amines) is 1. The van der Waals surface area contributed by atoms with Gasteiger partial charge < -0.3 is 19.6 Å². The number of amides is 1. The van der Waals surface area contributed by atoms with Crippen LogP contribution in [-0.4, -0.2) is 65.8 Å². The van der Waals surface area contributed by atoms with Crippen LogP contribution in [0.1, 0.15) is 78.1 Å². The number of hydrogen-bond donors (Lipinski definition) is 1. The van der Waals surface area contributed by atoms with Gasteiger partial charge in [-0.1, -0.05) is 25.5 Å². The normalized spacial score (nSPS) is 42.2. The van der Waals surface area contributed by atoms with Crippen LogP contribution in [0.3, 0.4) is 0 Å². The summed E-state index contributed by atoms with van der Waals surface area (Å²) in [5, 5.41) is 10.1. The lowest BCUT2D eigenvalue weighted by molar-refractivity contribution is -0.135. The molecule has 6 rings (SSSR count). The summed E-state index contributed by atoms with van der Waals surface area (Å²) in [5.74, 6) is 2.22. The topological polar surface area (TPSA) is 70.1 Å². The largest absolute Gasteiger partial charge is 0.465 e.